The van der Waals surface area contributed by atoms with Crippen molar-refractivity contribution >= 4 is 17.4 Å². The first-order chi connectivity index (χ1) is 10.9. The Morgan fingerprint density at radius 3 is 2.65 bits per heavy atom. The maximum Gasteiger partial charge on any atom is 0.269 e. The van der Waals surface area contributed by atoms with Crippen LogP contribution >= 0.6 is 0 Å². The predicted octanol–water partition coefficient (Wildman–Crippen LogP) is 2.66. The largest absolute Gasteiger partial charge is 0.299 e. The smallest absolute Gasteiger partial charge is 0.269 e. The molecule has 1 saturated carbocycles. The summed E-state index contributed by atoms with van der Waals surface area (Å²) in [6, 6.07) is 8.03. The van der Waals surface area contributed by atoms with Crippen molar-refractivity contribution in [1.82, 2.24) is 20.2 Å². The Hall–Kier alpha value is -2.37. The van der Waals surface area contributed by atoms with Gasteiger partial charge in [-0.3, -0.25) is 4.79 Å². The Morgan fingerprint density at radius 1 is 1.17 bits per heavy atom. The molecule has 6 heteroatoms. The van der Waals surface area contributed by atoms with Crippen LogP contribution in [-0.2, 0) is 4.79 Å². The normalized spacial score (nSPS) is 25.5. The summed E-state index contributed by atoms with van der Waals surface area (Å²) < 4.78 is 1.69. The molecule has 1 aliphatic heterocycles. The van der Waals surface area contributed by atoms with Crippen molar-refractivity contribution < 1.29 is 4.79 Å². The maximum absolute atomic E-state index is 12.9. The Kier molecular flexibility index (Phi) is 2.98. The van der Waals surface area contributed by atoms with Crippen LogP contribution in [0.25, 0.3) is 0 Å². The van der Waals surface area contributed by atoms with Crippen molar-refractivity contribution in [2.45, 2.75) is 39.7 Å². The zero-order chi connectivity index (χ0) is 16.2. The monoisotopic (exact) mass is 309 g/mol. The maximum atomic E-state index is 12.9. The molecule has 0 N–H and O–H groups in total. The Balaban J connectivity index is 1.87. The van der Waals surface area contributed by atoms with Gasteiger partial charge in [0, 0.05) is 12.1 Å². The molecule has 2 unspecified atom stereocenters. The van der Waals surface area contributed by atoms with E-state index in [9.17, 15) is 4.79 Å². The lowest BCUT2D eigenvalue weighted by Crippen LogP contribution is -2.44. The van der Waals surface area contributed by atoms with E-state index in [1.165, 1.54) is 5.56 Å². The summed E-state index contributed by atoms with van der Waals surface area (Å²) in [6.07, 6.45) is 1.37. The summed E-state index contributed by atoms with van der Waals surface area (Å²) in [5, 5.41) is 11.9. The first kappa shape index (κ1) is 14.2. The SMILES string of the molecule is Cc1ccc(C2C3C(=O)CC(C)(C)CC3=Nc3nnnn32)cc1. The molecule has 2 heterocycles. The van der Waals surface area contributed by atoms with Gasteiger partial charge >= 0.3 is 0 Å². The number of carbonyl (C=O) groups excluding carboxylic acids is 1. The van der Waals surface area contributed by atoms with E-state index < -0.39 is 0 Å². The number of ketones is 1. The molecule has 2 aliphatic rings. The number of aromatic nitrogens is 4. The van der Waals surface area contributed by atoms with Crippen molar-refractivity contribution in [3.8, 4) is 0 Å². The number of aliphatic imine (C=N–C) groups is 1. The van der Waals surface area contributed by atoms with Gasteiger partial charge < -0.3 is 0 Å². The van der Waals surface area contributed by atoms with Crippen LogP contribution in [0.15, 0.2) is 29.3 Å². The van der Waals surface area contributed by atoms with E-state index in [1.807, 2.05) is 6.92 Å². The second-order valence-corrected chi connectivity index (χ2v) is 7.34. The van der Waals surface area contributed by atoms with E-state index in [1.54, 1.807) is 4.68 Å². The second kappa shape index (κ2) is 4.81. The predicted molar refractivity (Wildman–Crippen MR) is 85.7 cm³/mol. The van der Waals surface area contributed by atoms with Gasteiger partial charge in [0.25, 0.3) is 5.95 Å². The average Bonchev–Trinajstić information content (AvgIpc) is 2.92. The molecule has 0 amide bonds. The molecule has 4 rings (SSSR count). The van der Waals surface area contributed by atoms with Gasteiger partial charge in [-0.2, -0.15) is 0 Å². The molecule has 6 nitrogen and oxygen atoms in total. The minimum absolute atomic E-state index is 0.0557. The number of benzene rings is 1. The fourth-order valence-corrected chi connectivity index (χ4v) is 3.71. The molecular weight excluding hydrogens is 290 g/mol. The van der Waals surface area contributed by atoms with Crippen molar-refractivity contribution in [2.24, 2.45) is 16.3 Å². The number of hydrogen-bond donors (Lipinski definition) is 0. The molecule has 1 aliphatic carbocycles. The van der Waals surface area contributed by atoms with Gasteiger partial charge in [0.1, 0.15) is 5.78 Å². The third kappa shape index (κ3) is 2.29. The zero-order valence-corrected chi connectivity index (χ0v) is 13.5. The fraction of sp³-hybridized carbons (Fsp3) is 0.471. The van der Waals surface area contributed by atoms with Gasteiger partial charge in [0.05, 0.1) is 12.0 Å². The van der Waals surface area contributed by atoms with E-state index in [-0.39, 0.29) is 23.2 Å². The van der Waals surface area contributed by atoms with E-state index in [4.69, 9.17) is 0 Å². The summed E-state index contributed by atoms with van der Waals surface area (Å²) in [6.45, 7) is 6.28. The number of rotatable bonds is 1. The van der Waals surface area contributed by atoms with Gasteiger partial charge in [0.15, 0.2) is 0 Å². The van der Waals surface area contributed by atoms with Crippen LogP contribution in [0.5, 0.6) is 0 Å². The number of Topliss-reactive ketones (excluding diaryl/α,β-unsaturated/α-hetero) is 1. The first-order valence-electron chi connectivity index (χ1n) is 7.89. The molecule has 2 atom stereocenters. The summed E-state index contributed by atoms with van der Waals surface area (Å²) in [5.41, 5.74) is 3.10. The molecule has 118 valence electrons. The van der Waals surface area contributed by atoms with Gasteiger partial charge in [0.2, 0.25) is 0 Å². The first-order valence-corrected chi connectivity index (χ1v) is 7.89. The van der Waals surface area contributed by atoms with E-state index >= 15 is 0 Å². The van der Waals surface area contributed by atoms with Gasteiger partial charge in [-0.25, -0.2) is 9.67 Å². The third-order valence-corrected chi connectivity index (χ3v) is 4.74. The van der Waals surface area contributed by atoms with Crippen molar-refractivity contribution in [3.63, 3.8) is 0 Å². The van der Waals surface area contributed by atoms with Crippen LogP contribution in [0.1, 0.15) is 43.9 Å². The number of carbonyl (C=O) groups is 1. The number of nitrogens with zero attached hydrogens (tertiary/aromatic N) is 5. The van der Waals surface area contributed by atoms with Crippen LogP contribution < -0.4 is 0 Å². The van der Waals surface area contributed by atoms with Crippen LogP contribution in [-0.4, -0.2) is 31.7 Å². The van der Waals surface area contributed by atoms with E-state index in [2.05, 4.69) is 58.6 Å². The van der Waals surface area contributed by atoms with E-state index in [0.29, 0.717) is 12.4 Å². The van der Waals surface area contributed by atoms with Crippen molar-refractivity contribution in [1.29, 1.82) is 0 Å². The second-order valence-electron chi connectivity index (χ2n) is 7.34. The lowest BCUT2D eigenvalue weighted by Gasteiger charge is -2.39. The fourth-order valence-electron chi connectivity index (χ4n) is 3.71. The molecule has 0 saturated heterocycles. The highest BCUT2D eigenvalue weighted by Gasteiger charge is 2.46. The van der Waals surface area contributed by atoms with Crippen molar-refractivity contribution in [2.75, 3.05) is 0 Å². The minimum atomic E-state index is -0.262. The van der Waals surface area contributed by atoms with Crippen LogP contribution in [0, 0.1) is 18.3 Å². The molecule has 23 heavy (non-hydrogen) atoms. The average molecular weight is 309 g/mol. The van der Waals surface area contributed by atoms with Crippen LogP contribution in [0.2, 0.25) is 0 Å². The number of fused-ring (bicyclic) bond motifs is 2. The van der Waals surface area contributed by atoms with Gasteiger partial charge in [-0.05, 0) is 34.7 Å². The number of tetrazole rings is 1. The van der Waals surface area contributed by atoms with Crippen molar-refractivity contribution in [3.05, 3.63) is 35.4 Å². The highest BCUT2D eigenvalue weighted by molar-refractivity contribution is 6.09. The molecule has 1 aromatic heterocycles. The summed E-state index contributed by atoms with van der Waals surface area (Å²) in [7, 11) is 0. The Labute approximate surface area is 134 Å². The minimum Gasteiger partial charge on any atom is -0.299 e. The van der Waals surface area contributed by atoms with Gasteiger partial charge in [-0.15, -0.1) is 0 Å². The van der Waals surface area contributed by atoms with Gasteiger partial charge in [-0.1, -0.05) is 48.8 Å². The molecule has 0 bridgehead atoms. The number of aryl methyl sites for hydroxylation is 1. The summed E-state index contributed by atoms with van der Waals surface area (Å²) in [4.78, 5) is 17.5. The quantitative estimate of drug-likeness (QED) is 0.812. The Bertz CT molecular complexity index is 803. The lowest BCUT2D eigenvalue weighted by atomic mass is 9.67. The van der Waals surface area contributed by atoms with E-state index in [0.717, 1.165) is 17.7 Å². The molecule has 0 spiro atoms. The lowest BCUT2D eigenvalue weighted by molar-refractivity contribution is -0.124. The molecule has 0 radical (unpaired) electrons. The highest BCUT2D eigenvalue weighted by atomic mass is 16.1. The molecule has 2 aromatic rings. The Morgan fingerprint density at radius 2 is 1.91 bits per heavy atom. The molecular formula is C17H19N5O. The third-order valence-electron chi connectivity index (χ3n) is 4.74. The molecule has 1 fully saturated rings. The topological polar surface area (TPSA) is 73.0 Å². The van der Waals surface area contributed by atoms with Crippen LogP contribution in [0.4, 0.5) is 5.95 Å². The number of hydrogen-bond acceptors (Lipinski definition) is 5. The standard InChI is InChI=1S/C17H19N5O/c1-10-4-6-11(7-5-10)15-14-12(8-17(2,3)9-13(14)23)18-16-19-20-21-22(15)16/h4-7,14-15H,8-9H2,1-3H3. The highest BCUT2D eigenvalue weighted by Crippen LogP contribution is 2.44. The summed E-state index contributed by atoms with van der Waals surface area (Å²) >= 11 is 0. The molecule has 1 aromatic carbocycles. The zero-order valence-electron chi connectivity index (χ0n) is 13.5. The summed E-state index contributed by atoms with van der Waals surface area (Å²) in [5.74, 6) is 0.459. The van der Waals surface area contributed by atoms with Crippen LogP contribution in [0.3, 0.4) is 0 Å².